The van der Waals surface area contributed by atoms with Crippen LogP contribution in [0.4, 0.5) is 4.39 Å². The van der Waals surface area contributed by atoms with Crippen LogP contribution in [0.1, 0.15) is 11.6 Å². The van der Waals surface area contributed by atoms with Crippen LogP contribution in [0.15, 0.2) is 22.7 Å². The molecule has 1 aliphatic rings. The number of halogens is 3. The first-order valence-electron chi connectivity index (χ1n) is 5.68. The first-order chi connectivity index (χ1) is 8.22. The Hall–Kier alpha value is -0.160. The molecule has 1 aromatic rings. The van der Waals surface area contributed by atoms with Crippen LogP contribution in [0.5, 0.6) is 0 Å². The van der Waals surface area contributed by atoms with Gasteiger partial charge in [-0.15, -0.1) is 0 Å². The average molecular weight is 322 g/mol. The van der Waals surface area contributed by atoms with Gasteiger partial charge in [0.25, 0.3) is 0 Å². The summed E-state index contributed by atoms with van der Waals surface area (Å²) in [5, 5.41) is 3.89. The summed E-state index contributed by atoms with van der Waals surface area (Å²) in [6.45, 7) is 3.14. The van der Waals surface area contributed by atoms with Gasteiger partial charge in [-0.05, 0) is 17.7 Å². The molecule has 0 bridgehead atoms. The molecule has 1 heterocycles. The van der Waals surface area contributed by atoms with E-state index in [-0.39, 0.29) is 6.04 Å². The summed E-state index contributed by atoms with van der Waals surface area (Å²) in [7, 11) is 0. The smallest absolute Gasteiger partial charge is 0.109 e. The van der Waals surface area contributed by atoms with E-state index < -0.39 is 6.67 Å². The molecule has 17 heavy (non-hydrogen) atoms. The molecule has 0 saturated carbocycles. The van der Waals surface area contributed by atoms with Crippen molar-refractivity contribution in [2.45, 2.75) is 6.04 Å². The predicted molar refractivity (Wildman–Crippen MR) is 72.3 cm³/mol. The fourth-order valence-electron chi connectivity index (χ4n) is 2.14. The molecule has 0 spiro atoms. The van der Waals surface area contributed by atoms with E-state index in [4.69, 9.17) is 11.6 Å². The first-order valence-corrected chi connectivity index (χ1v) is 6.85. The Bertz CT molecular complexity index is 383. The number of piperazine rings is 1. The Kier molecular flexibility index (Phi) is 4.79. The zero-order chi connectivity index (χ0) is 12.3. The number of alkyl halides is 1. The van der Waals surface area contributed by atoms with Crippen molar-refractivity contribution >= 4 is 27.5 Å². The summed E-state index contributed by atoms with van der Waals surface area (Å²) in [6.07, 6.45) is 0. The molecule has 0 radical (unpaired) electrons. The van der Waals surface area contributed by atoms with Gasteiger partial charge in [0, 0.05) is 35.7 Å². The van der Waals surface area contributed by atoms with E-state index in [9.17, 15) is 4.39 Å². The molecule has 0 aromatic heterocycles. The van der Waals surface area contributed by atoms with Crippen LogP contribution < -0.4 is 5.32 Å². The van der Waals surface area contributed by atoms with Gasteiger partial charge in [0.05, 0.1) is 6.04 Å². The third kappa shape index (κ3) is 3.19. The highest BCUT2D eigenvalue weighted by molar-refractivity contribution is 9.10. The monoisotopic (exact) mass is 320 g/mol. The maximum absolute atomic E-state index is 13.3. The van der Waals surface area contributed by atoms with Gasteiger partial charge >= 0.3 is 0 Å². The lowest BCUT2D eigenvalue weighted by atomic mass is 10.1. The number of hydrogen-bond donors (Lipinski definition) is 1. The Morgan fingerprint density at radius 3 is 2.71 bits per heavy atom. The molecule has 5 heteroatoms. The van der Waals surface area contributed by atoms with Gasteiger partial charge in [-0.1, -0.05) is 33.6 Å². The second kappa shape index (κ2) is 6.14. The molecule has 1 fully saturated rings. The fourth-order valence-corrected chi connectivity index (χ4v) is 2.94. The highest BCUT2D eigenvalue weighted by Crippen LogP contribution is 2.30. The maximum Gasteiger partial charge on any atom is 0.109 e. The standard InChI is InChI=1S/C12H15BrClFN2/c13-9-1-2-10(11(14)7-9)12(8-15)17-5-3-16-4-6-17/h1-2,7,12,16H,3-6,8H2/t12-/m1/s1. The van der Waals surface area contributed by atoms with Gasteiger partial charge in [-0.2, -0.15) is 0 Å². The minimum Gasteiger partial charge on any atom is -0.314 e. The van der Waals surface area contributed by atoms with Crippen molar-refractivity contribution in [2.24, 2.45) is 0 Å². The van der Waals surface area contributed by atoms with Gasteiger partial charge < -0.3 is 5.32 Å². The van der Waals surface area contributed by atoms with Crippen molar-refractivity contribution in [1.82, 2.24) is 10.2 Å². The van der Waals surface area contributed by atoms with Gasteiger partial charge in [-0.25, -0.2) is 4.39 Å². The van der Waals surface area contributed by atoms with Crippen molar-refractivity contribution in [3.8, 4) is 0 Å². The van der Waals surface area contributed by atoms with Gasteiger partial charge in [-0.3, -0.25) is 4.90 Å². The maximum atomic E-state index is 13.3. The largest absolute Gasteiger partial charge is 0.314 e. The van der Waals surface area contributed by atoms with Crippen molar-refractivity contribution in [2.75, 3.05) is 32.9 Å². The van der Waals surface area contributed by atoms with Crippen LogP contribution in [-0.2, 0) is 0 Å². The highest BCUT2D eigenvalue weighted by Gasteiger charge is 2.23. The molecule has 0 amide bonds. The topological polar surface area (TPSA) is 15.3 Å². The zero-order valence-corrected chi connectivity index (χ0v) is 11.8. The van der Waals surface area contributed by atoms with E-state index in [1.807, 2.05) is 18.2 Å². The van der Waals surface area contributed by atoms with Crippen molar-refractivity contribution in [1.29, 1.82) is 0 Å². The molecule has 1 aromatic carbocycles. The Labute approximate surface area is 114 Å². The second-order valence-electron chi connectivity index (χ2n) is 4.12. The lowest BCUT2D eigenvalue weighted by Gasteiger charge is -2.34. The summed E-state index contributed by atoms with van der Waals surface area (Å²) >= 11 is 9.54. The van der Waals surface area contributed by atoms with E-state index in [0.29, 0.717) is 5.02 Å². The number of nitrogens with one attached hydrogen (secondary N) is 1. The molecular formula is C12H15BrClFN2. The Morgan fingerprint density at radius 1 is 1.41 bits per heavy atom. The minimum atomic E-state index is -0.401. The van der Waals surface area contributed by atoms with Gasteiger partial charge in [0.1, 0.15) is 6.67 Å². The van der Waals surface area contributed by atoms with Gasteiger partial charge in [0.2, 0.25) is 0 Å². The fraction of sp³-hybridized carbons (Fsp3) is 0.500. The molecule has 2 rings (SSSR count). The summed E-state index contributed by atoms with van der Waals surface area (Å²) < 4.78 is 14.2. The number of hydrogen-bond acceptors (Lipinski definition) is 2. The molecule has 1 N–H and O–H groups in total. The molecule has 0 unspecified atom stereocenters. The summed E-state index contributed by atoms with van der Waals surface area (Å²) in [5.74, 6) is 0. The van der Waals surface area contributed by atoms with Crippen molar-refractivity contribution in [3.63, 3.8) is 0 Å². The number of rotatable bonds is 3. The predicted octanol–water partition coefficient (Wildman–Crippen LogP) is 3.02. The van der Waals surface area contributed by atoms with Crippen LogP contribution in [0.2, 0.25) is 5.02 Å². The van der Waals surface area contributed by atoms with E-state index in [1.54, 1.807) is 0 Å². The van der Waals surface area contributed by atoms with Crippen LogP contribution in [0, 0.1) is 0 Å². The van der Waals surface area contributed by atoms with Crippen LogP contribution >= 0.6 is 27.5 Å². The van der Waals surface area contributed by atoms with Crippen molar-refractivity contribution in [3.05, 3.63) is 33.3 Å². The van der Waals surface area contributed by atoms with E-state index in [0.717, 1.165) is 36.2 Å². The summed E-state index contributed by atoms with van der Waals surface area (Å²) in [5.41, 5.74) is 0.874. The SMILES string of the molecule is FC[C@H](c1ccc(Br)cc1Cl)N1CCNCC1. The average Bonchev–Trinajstić information content (AvgIpc) is 2.34. The third-order valence-corrected chi connectivity index (χ3v) is 3.88. The molecule has 94 valence electrons. The normalized spacial score (nSPS) is 19.2. The molecule has 0 aliphatic carbocycles. The minimum absolute atomic E-state index is 0.224. The van der Waals surface area contributed by atoms with Crippen LogP contribution in [0.3, 0.4) is 0 Å². The second-order valence-corrected chi connectivity index (χ2v) is 5.44. The van der Waals surface area contributed by atoms with E-state index in [2.05, 4.69) is 26.1 Å². The molecule has 1 aliphatic heterocycles. The lowest BCUT2D eigenvalue weighted by molar-refractivity contribution is 0.147. The van der Waals surface area contributed by atoms with Crippen molar-refractivity contribution < 1.29 is 4.39 Å². The molecular weight excluding hydrogens is 307 g/mol. The quantitative estimate of drug-likeness (QED) is 0.920. The molecule has 1 atom stereocenters. The zero-order valence-electron chi connectivity index (χ0n) is 9.43. The number of benzene rings is 1. The lowest BCUT2D eigenvalue weighted by Crippen LogP contribution is -2.45. The third-order valence-electron chi connectivity index (χ3n) is 3.06. The highest BCUT2D eigenvalue weighted by atomic mass is 79.9. The first kappa shape index (κ1) is 13.3. The Balaban J connectivity index is 2.21. The van der Waals surface area contributed by atoms with Gasteiger partial charge in [0.15, 0.2) is 0 Å². The van der Waals surface area contributed by atoms with Crippen LogP contribution in [-0.4, -0.2) is 37.8 Å². The molecule has 1 saturated heterocycles. The summed E-state index contributed by atoms with van der Waals surface area (Å²) in [4.78, 5) is 2.14. The summed E-state index contributed by atoms with van der Waals surface area (Å²) in [6, 6.07) is 5.41. The molecule has 2 nitrogen and oxygen atoms in total. The van der Waals surface area contributed by atoms with E-state index in [1.165, 1.54) is 0 Å². The van der Waals surface area contributed by atoms with Crippen LogP contribution in [0.25, 0.3) is 0 Å². The Morgan fingerprint density at radius 2 is 2.12 bits per heavy atom. The number of nitrogens with zero attached hydrogens (tertiary/aromatic N) is 1. The van der Waals surface area contributed by atoms with E-state index >= 15 is 0 Å².